The van der Waals surface area contributed by atoms with E-state index in [9.17, 15) is 14.4 Å². The van der Waals surface area contributed by atoms with Crippen molar-refractivity contribution < 1.29 is 33.3 Å². The molecule has 0 atom stereocenters. The van der Waals surface area contributed by atoms with Crippen molar-refractivity contribution in [2.24, 2.45) is 0 Å². The lowest BCUT2D eigenvalue weighted by molar-refractivity contribution is -0.147. The summed E-state index contributed by atoms with van der Waals surface area (Å²) in [6.07, 6.45) is 0.530. The minimum absolute atomic E-state index is 0.0446. The van der Waals surface area contributed by atoms with E-state index in [1.54, 1.807) is 18.2 Å². The smallest absolute Gasteiger partial charge is 0.306 e. The number of carbonyl (C=O) groups is 3. The maximum Gasteiger partial charge on any atom is 0.306 e. The van der Waals surface area contributed by atoms with Gasteiger partial charge in [-0.25, -0.2) is 0 Å². The first-order chi connectivity index (χ1) is 14.8. The Labute approximate surface area is 184 Å². The number of halogens is 1. The van der Waals surface area contributed by atoms with Gasteiger partial charge in [-0.3, -0.25) is 14.4 Å². The van der Waals surface area contributed by atoms with Crippen molar-refractivity contribution >= 4 is 34.9 Å². The molecule has 31 heavy (non-hydrogen) atoms. The van der Waals surface area contributed by atoms with Gasteiger partial charge in [0.15, 0.2) is 23.9 Å². The Balaban J connectivity index is 1.42. The summed E-state index contributed by atoms with van der Waals surface area (Å²) in [4.78, 5) is 35.9. The number of carbonyl (C=O) groups excluding carboxylic acids is 3. The quantitative estimate of drug-likeness (QED) is 0.353. The molecule has 0 spiro atoms. The van der Waals surface area contributed by atoms with Crippen LogP contribution in [0.1, 0.15) is 35.7 Å². The summed E-state index contributed by atoms with van der Waals surface area (Å²) in [7, 11) is 0. The summed E-state index contributed by atoms with van der Waals surface area (Å²) in [5.74, 6) is 0.217. The molecule has 0 bridgehead atoms. The number of benzene rings is 2. The number of Topliss-reactive ketones (excluding diaryl/α,β-unsaturated/α-hetero) is 1. The van der Waals surface area contributed by atoms with Crippen LogP contribution in [0.2, 0.25) is 5.02 Å². The first kappa shape index (κ1) is 22.4. The molecule has 2 aromatic carbocycles. The second-order valence-corrected chi connectivity index (χ2v) is 7.31. The normalized spacial score (nSPS) is 11.7. The largest absolute Gasteiger partial charge is 0.493 e. The maximum atomic E-state index is 12.2. The van der Waals surface area contributed by atoms with Gasteiger partial charge in [-0.1, -0.05) is 11.6 Å². The highest BCUT2D eigenvalue weighted by Crippen LogP contribution is 2.37. The number of hydrogen-bond acceptors (Lipinski definition) is 7. The summed E-state index contributed by atoms with van der Waals surface area (Å²) >= 11 is 5.90. The molecule has 1 heterocycles. The number of hydrogen-bond donors (Lipinski definition) is 1. The third-order valence-corrected chi connectivity index (χ3v) is 4.69. The van der Waals surface area contributed by atoms with Crippen LogP contribution in [0, 0.1) is 6.92 Å². The number of fused-ring (bicyclic) bond motifs is 1. The van der Waals surface area contributed by atoms with Gasteiger partial charge in [-0.05, 0) is 50.1 Å². The number of esters is 1. The first-order valence-corrected chi connectivity index (χ1v) is 10.0. The van der Waals surface area contributed by atoms with Crippen molar-refractivity contribution in [1.82, 2.24) is 0 Å². The molecule has 0 saturated heterocycles. The van der Waals surface area contributed by atoms with Crippen LogP contribution in [0.25, 0.3) is 0 Å². The predicted molar refractivity (Wildman–Crippen MR) is 113 cm³/mol. The molecule has 0 aliphatic carbocycles. The average molecular weight is 448 g/mol. The highest BCUT2D eigenvalue weighted by molar-refractivity contribution is 6.30. The van der Waals surface area contributed by atoms with Crippen LogP contribution in [-0.4, -0.2) is 37.7 Å². The van der Waals surface area contributed by atoms with E-state index in [-0.39, 0.29) is 30.2 Å². The Kier molecular flexibility index (Phi) is 7.36. The van der Waals surface area contributed by atoms with E-state index in [0.717, 1.165) is 5.56 Å². The van der Waals surface area contributed by atoms with E-state index in [4.69, 9.17) is 30.5 Å². The van der Waals surface area contributed by atoms with Crippen LogP contribution in [0.15, 0.2) is 30.3 Å². The molecule has 0 radical (unpaired) electrons. The lowest BCUT2D eigenvalue weighted by atomic mass is 10.1. The Morgan fingerprint density at radius 3 is 2.58 bits per heavy atom. The number of rotatable bonds is 9. The Morgan fingerprint density at radius 1 is 1.13 bits per heavy atom. The fourth-order valence-electron chi connectivity index (χ4n) is 2.91. The van der Waals surface area contributed by atoms with Gasteiger partial charge < -0.3 is 24.3 Å². The number of ether oxygens (including phenoxy) is 4. The molecule has 9 heteroatoms. The fraction of sp³-hybridized carbons (Fsp3) is 0.318. The fourth-order valence-corrected chi connectivity index (χ4v) is 3.14. The van der Waals surface area contributed by atoms with Gasteiger partial charge in [0.05, 0.1) is 12.3 Å². The third kappa shape index (κ3) is 6.11. The monoisotopic (exact) mass is 447 g/mol. The van der Waals surface area contributed by atoms with Crippen molar-refractivity contribution in [2.75, 3.05) is 25.3 Å². The molecule has 1 amide bonds. The van der Waals surface area contributed by atoms with Crippen molar-refractivity contribution in [3.05, 3.63) is 46.5 Å². The molecule has 3 rings (SSSR count). The minimum Gasteiger partial charge on any atom is -0.493 e. The molecule has 0 aromatic heterocycles. The molecule has 1 aliphatic rings. The van der Waals surface area contributed by atoms with Crippen molar-refractivity contribution in [3.8, 4) is 17.2 Å². The van der Waals surface area contributed by atoms with Crippen LogP contribution in [0.5, 0.6) is 17.2 Å². The number of anilines is 1. The first-order valence-electron chi connectivity index (χ1n) is 9.62. The molecule has 0 fully saturated rings. The van der Waals surface area contributed by atoms with Crippen molar-refractivity contribution in [1.29, 1.82) is 0 Å². The summed E-state index contributed by atoms with van der Waals surface area (Å²) in [5, 5.41) is 3.20. The molecular weight excluding hydrogens is 426 g/mol. The Hall–Kier alpha value is -3.26. The summed E-state index contributed by atoms with van der Waals surface area (Å²) in [6, 6.07) is 8.31. The zero-order chi connectivity index (χ0) is 22.4. The maximum absolute atomic E-state index is 12.2. The minimum atomic E-state index is -0.567. The predicted octanol–water partition coefficient (Wildman–Crippen LogP) is 3.92. The second kappa shape index (κ2) is 10.2. The Bertz CT molecular complexity index is 1010. The average Bonchev–Trinajstić information content (AvgIpc) is 3.17. The standard InChI is InChI=1S/C22H22ClNO7/c1-13-8-15(23)5-6-18(13)28-7-3-4-22(27)29-11-21(26)24-17-10-20-19(30-12-31-20)9-16(17)14(2)25/h5-6,8-10H,3-4,7,11-12H2,1-2H3,(H,24,26). The van der Waals surface area contributed by atoms with Gasteiger partial charge in [0.2, 0.25) is 6.79 Å². The zero-order valence-electron chi connectivity index (χ0n) is 17.2. The van der Waals surface area contributed by atoms with E-state index in [1.807, 2.05) is 6.92 Å². The van der Waals surface area contributed by atoms with E-state index in [1.165, 1.54) is 19.1 Å². The second-order valence-electron chi connectivity index (χ2n) is 6.88. The van der Waals surface area contributed by atoms with Gasteiger partial charge in [0.25, 0.3) is 5.91 Å². The van der Waals surface area contributed by atoms with Gasteiger partial charge >= 0.3 is 5.97 Å². The van der Waals surface area contributed by atoms with Crippen LogP contribution in [-0.2, 0) is 14.3 Å². The third-order valence-electron chi connectivity index (χ3n) is 4.45. The molecular formula is C22H22ClNO7. The van der Waals surface area contributed by atoms with Crippen LogP contribution < -0.4 is 19.5 Å². The lowest BCUT2D eigenvalue weighted by Crippen LogP contribution is -2.22. The molecule has 1 N–H and O–H groups in total. The van der Waals surface area contributed by atoms with Crippen LogP contribution in [0.3, 0.4) is 0 Å². The van der Waals surface area contributed by atoms with E-state index < -0.39 is 18.5 Å². The number of nitrogens with one attached hydrogen (secondary N) is 1. The number of ketones is 1. The van der Waals surface area contributed by atoms with Crippen LogP contribution >= 0.6 is 11.6 Å². The molecule has 0 saturated carbocycles. The zero-order valence-corrected chi connectivity index (χ0v) is 17.9. The molecule has 2 aromatic rings. The van der Waals surface area contributed by atoms with Gasteiger partial charge in [-0.2, -0.15) is 0 Å². The van der Waals surface area contributed by atoms with E-state index >= 15 is 0 Å². The van der Waals surface area contributed by atoms with E-state index in [2.05, 4.69) is 5.32 Å². The highest BCUT2D eigenvalue weighted by Gasteiger charge is 2.20. The van der Waals surface area contributed by atoms with Crippen molar-refractivity contribution in [2.45, 2.75) is 26.7 Å². The molecule has 164 valence electrons. The molecule has 1 aliphatic heterocycles. The van der Waals surface area contributed by atoms with Gasteiger partial charge in [0.1, 0.15) is 5.75 Å². The van der Waals surface area contributed by atoms with Crippen LogP contribution in [0.4, 0.5) is 5.69 Å². The topological polar surface area (TPSA) is 100 Å². The lowest BCUT2D eigenvalue weighted by Gasteiger charge is -2.11. The highest BCUT2D eigenvalue weighted by atomic mass is 35.5. The van der Waals surface area contributed by atoms with Crippen molar-refractivity contribution in [3.63, 3.8) is 0 Å². The number of aryl methyl sites for hydroxylation is 1. The number of amides is 1. The molecule has 0 unspecified atom stereocenters. The van der Waals surface area contributed by atoms with Gasteiger partial charge in [0, 0.05) is 23.1 Å². The SMILES string of the molecule is CC(=O)c1cc2c(cc1NC(=O)COC(=O)CCCOc1ccc(Cl)cc1C)OCO2. The summed E-state index contributed by atoms with van der Waals surface area (Å²) in [6.45, 7) is 3.15. The summed E-state index contributed by atoms with van der Waals surface area (Å²) in [5.41, 5.74) is 1.45. The van der Waals surface area contributed by atoms with Gasteiger partial charge in [-0.15, -0.1) is 0 Å². The summed E-state index contributed by atoms with van der Waals surface area (Å²) < 4.78 is 21.1. The molecule has 8 nitrogen and oxygen atoms in total. The Morgan fingerprint density at radius 2 is 1.87 bits per heavy atom. The van der Waals surface area contributed by atoms with E-state index in [0.29, 0.717) is 35.3 Å².